The predicted octanol–water partition coefficient (Wildman–Crippen LogP) is 2.76. The highest BCUT2D eigenvalue weighted by molar-refractivity contribution is 7.89. The summed E-state index contributed by atoms with van der Waals surface area (Å²) in [5.74, 6) is -0.568. The van der Waals surface area contributed by atoms with Crippen LogP contribution in [0.2, 0.25) is 5.02 Å². The topological polar surface area (TPSA) is 98.2 Å². The van der Waals surface area contributed by atoms with Crippen molar-refractivity contribution < 1.29 is 12.8 Å². The molecule has 0 saturated carbocycles. The van der Waals surface area contributed by atoms with Crippen LogP contribution in [0.1, 0.15) is 5.56 Å². The molecule has 0 bridgehead atoms. The van der Waals surface area contributed by atoms with Gasteiger partial charge >= 0.3 is 0 Å². The molecule has 8 heteroatoms. The van der Waals surface area contributed by atoms with Gasteiger partial charge in [-0.1, -0.05) is 17.7 Å². The molecule has 0 unspecified atom stereocenters. The SMILES string of the molecule is Cc1c(Nc2c(F)cccc2Cl)cc(N)cc1S(N)(=O)=O. The lowest BCUT2D eigenvalue weighted by atomic mass is 10.1. The lowest BCUT2D eigenvalue weighted by molar-refractivity contribution is 0.597. The van der Waals surface area contributed by atoms with Crippen molar-refractivity contribution in [2.75, 3.05) is 11.1 Å². The summed E-state index contributed by atoms with van der Waals surface area (Å²) in [4.78, 5) is -0.127. The summed E-state index contributed by atoms with van der Waals surface area (Å²) < 4.78 is 36.9. The van der Waals surface area contributed by atoms with Crippen molar-refractivity contribution in [3.63, 3.8) is 0 Å². The van der Waals surface area contributed by atoms with Crippen molar-refractivity contribution in [3.8, 4) is 0 Å². The van der Waals surface area contributed by atoms with Crippen LogP contribution >= 0.6 is 11.6 Å². The van der Waals surface area contributed by atoms with Gasteiger partial charge in [0.15, 0.2) is 0 Å². The maximum absolute atomic E-state index is 13.8. The second-order valence-corrected chi connectivity index (χ2v) is 6.40. The molecule has 0 heterocycles. The van der Waals surface area contributed by atoms with Crippen molar-refractivity contribution in [3.05, 3.63) is 46.7 Å². The average molecular weight is 330 g/mol. The van der Waals surface area contributed by atoms with Crippen LogP contribution in [-0.2, 0) is 10.0 Å². The molecule has 21 heavy (non-hydrogen) atoms. The molecule has 112 valence electrons. The highest BCUT2D eigenvalue weighted by atomic mass is 35.5. The van der Waals surface area contributed by atoms with E-state index in [9.17, 15) is 12.8 Å². The van der Waals surface area contributed by atoms with Crippen LogP contribution in [0.4, 0.5) is 21.5 Å². The number of hydrogen-bond acceptors (Lipinski definition) is 4. The molecule has 0 amide bonds. The molecule has 2 aromatic rings. The number of anilines is 3. The van der Waals surface area contributed by atoms with Crippen LogP contribution in [0.5, 0.6) is 0 Å². The van der Waals surface area contributed by atoms with Gasteiger partial charge in [-0.15, -0.1) is 0 Å². The van der Waals surface area contributed by atoms with Gasteiger partial charge < -0.3 is 11.1 Å². The van der Waals surface area contributed by atoms with E-state index in [0.29, 0.717) is 11.3 Å². The second-order valence-electron chi connectivity index (χ2n) is 4.46. The molecule has 0 aliphatic rings. The maximum Gasteiger partial charge on any atom is 0.238 e. The van der Waals surface area contributed by atoms with Gasteiger partial charge in [0.05, 0.1) is 15.6 Å². The first-order valence-electron chi connectivity index (χ1n) is 5.84. The molecule has 5 nitrogen and oxygen atoms in total. The van der Waals surface area contributed by atoms with E-state index >= 15 is 0 Å². The van der Waals surface area contributed by atoms with E-state index in [-0.39, 0.29) is 21.3 Å². The Morgan fingerprint density at radius 3 is 2.52 bits per heavy atom. The van der Waals surface area contributed by atoms with Crippen LogP contribution in [0.3, 0.4) is 0 Å². The van der Waals surface area contributed by atoms with E-state index in [0.717, 1.165) is 0 Å². The zero-order valence-electron chi connectivity index (χ0n) is 11.0. The number of nitrogen functional groups attached to an aromatic ring is 1. The average Bonchev–Trinajstić information content (AvgIpc) is 2.36. The van der Waals surface area contributed by atoms with Crippen molar-refractivity contribution in [1.82, 2.24) is 0 Å². The Morgan fingerprint density at radius 2 is 1.95 bits per heavy atom. The maximum atomic E-state index is 13.8. The molecule has 2 rings (SSSR count). The summed E-state index contributed by atoms with van der Waals surface area (Å²) in [5.41, 5.74) is 6.52. The Morgan fingerprint density at radius 1 is 1.29 bits per heavy atom. The third-order valence-corrected chi connectivity index (χ3v) is 4.26. The number of halogens is 2. The molecule has 0 atom stereocenters. The van der Waals surface area contributed by atoms with Crippen LogP contribution in [0, 0.1) is 12.7 Å². The lowest BCUT2D eigenvalue weighted by Crippen LogP contribution is -2.15. The van der Waals surface area contributed by atoms with E-state index in [1.807, 2.05) is 0 Å². The fourth-order valence-corrected chi connectivity index (χ4v) is 2.93. The monoisotopic (exact) mass is 329 g/mol. The quantitative estimate of drug-likeness (QED) is 0.754. The van der Waals surface area contributed by atoms with E-state index in [1.54, 1.807) is 0 Å². The lowest BCUT2D eigenvalue weighted by Gasteiger charge is -2.15. The van der Waals surface area contributed by atoms with Crippen LogP contribution in [0.25, 0.3) is 0 Å². The first-order chi connectivity index (χ1) is 9.70. The first kappa shape index (κ1) is 15.6. The normalized spacial score (nSPS) is 11.4. The molecule has 0 radical (unpaired) electrons. The van der Waals surface area contributed by atoms with E-state index in [1.165, 1.54) is 37.3 Å². The standard InChI is InChI=1S/C13H13ClFN3O2S/c1-7-11(5-8(16)6-12(7)21(17,19)20)18-13-9(14)3-2-4-10(13)15/h2-6,18H,16H2,1H3,(H2,17,19,20). The van der Waals surface area contributed by atoms with Gasteiger partial charge in [0, 0.05) is 11.4 Å². The molecule has 0 aromatic heterocycles. The number of sulfonamides is 1. The number of para-hydroxylation sites is 1. The third kappa shape index (κ3) is 3.26. The second kappa shape index (κ2) is 5.51. The van der Waals surface area contributed by atoms with Crippen molar-refractivity contribution in [2.45, 2.75) is 11.8 Å². The van der Waals surface area contributed by atoms with Crippen LogP contribution in [0.15, 0.2) is 35.2 Å². The predicted molar refractivity (Wildman–Crippen MR) is 81.7 cm³/mol. The molecule has 5 N–H and O–H groups in total. The molecular weight excluding hydrogens is 317 g/mol. The fraction of sp³-hybridized carbons (Fsp3) is 0.0769. The fourth-order valence-electron chi connectivity index (χ4n) is 1.89. The molecule has 0 aliphatic carbocycles. The minimum atomic E-state index is -3.94. The molecule has 0 spiro atoms. The zero-order valence-corrected chi connectivity index (χ0v) is 12.6. The van der Waals surface area contributed by atoms with Crippen LogP contribution in [-0.4, -0.2) is 8.42 Å². The molecular formula is C13H13ClFN3O2S. The highest BCUT2D eigenvalue weighted by Crippen LogP contribution is 2.32. The Labute approximate surface area is 126 Å². The largest absolute Gasteiger partial charge is 0.399 e. The number of hydrogen-bond donors (Lipinski definition) is 3. The minimum absolute atomic E-state index is 0.0354. The molecule has 2 aromatic carbocycles. The molecule has 0 fully saturated rings. The van der Waals surface area contributed by atoms with Gasteiger partial charge in [0.25, 0.3) is 0 Å². The summed E-state index contributed by atoms with van der Waals surface area (Å²) in [5, 5.41) is 8.05. The van der Waals surface area contributed by atoms with Gasteiger partial charge in [-0.2, -0.15) is 0 Å². The smallest absolute Gasteiger partial charge is 0.238 e. The highest BCUT2D eigenvalue weighted by Gasteiger charge is 2.17. The first-order valence-corrected chi connectivity index (χ1v) is 7.76. The Bertz CT molecular complexity index is 789. The number of rotatable bonds is 3. The Hall–Kier alpha value is -1.83. The molecule has 0 saturated heterocycles. The summed E-state index contributed by atoms with van der Waals surface area (Å²) in [7, 11) is -3.94. The number of nitrogens with one attached hydrogen (secondary N) is 1. The summed E-state index contributed by atoms with van der Waals surface area (Å²) in [6.45, 7) is 1.54. The van der Waals surface area contributed by atoms with Crippen molar-refractivity contribution in [2.24, 2.45) is 5.14 Å². The summed E-state index contributed by atoms with van der Waals surface area (Å²) >= 11 is 5.92. The van der Waals surface area contributed by atoms with Gasteiger partial charge in [-0.05, 0) is 36.8 Å². The zero-order chi connectivity index (χ0) is 15.8. The Balaban J connectivity index is 2.58. The summed E-state index contributed by atoms with van der Waals surface area (Å²) in [6, 6.07) is 6.93. The van der Waals surface area contributed by atoms with Gasteiger partial charge in [0.2, 0.25) is 10.0 Å². The van der Waals surface area contributed by atoms with E-state index in [4.69, 9.17) is 22.5 Å². The van der Waals surface area contributed by atoms with Crippen LogP contribution < -0.4 is 16.2 Å². The summed E-state index contributed by atoms with van der Waals surface area (Å²) in [6.07, 6.45) is 0. The number of benzene rings is 2. The van der Waals surface area contributed by atoms with E-state index in [2.05, 4.69) is 5.32 Å². The number of primary sulfonamides is 1. The molecule has 0 aliphatic heterocycles. The van der Waals surface area contributed by atoms with Gasteiger partial charge in [-0.3, -0.25) is 0 Å². The van der Waals surface area contributed by atoms with Crippen molar-refractivity contribution in [1.29, 1.82) is 0 Å². The number of nitrogens with two attached hydrogens (primary N) is 2. The van der Waals surface area contributed by atoms with Gasteiger partial charge in [-0.25, -0.2) is 17.9 Å². The van der Waals surface area contributed by atoms with Gasteiger partial charge in [0.1, 0.15) is 5.82 Å². The van der Waals surface area contributed by atoms with Crippen molar-refractivity contribution >= 4 is 38.7 Å². The minimum Gasteiger partial charge on any atom is -0.399 e. The third-order valence-electron chi connectivity index (χ3n) is 2.91. The van der Waals surface area contributed by atoms with E-state index < -0.39 is 15.8 Å². The Kier molecular flexibility index (Phi) is 4.08.